The second-order valence-corrected chi connectivity index (χ2v) is 17.6. The average Bonchev–Trinajstić information content (AvgIpc) is 2.80. The van der Waals surface area contributed by atoms with E-state index in [4.69, 9.17) is 18.4 Å². The van der Waals surface area contributed by atoms with Crippen LogP contribution in [-0.4, -0.2) is 49.1 Å². The van der Waals surface area contributed by atoms with E-state index in [9.17, 15) is 0 Å². The molecule has 2 aliphatic rings. The van der Waals surface area contributed by atoms with Gasteiger partial charge >= 0.3 is 8.56 Å². The molecule has 0 amide bonds. The van der Waals surface area contributed by atoms with Gasteiger partial charge in [0.2, 0.25) is 0 Å². The smallest absolute Gasteiger partial charge is 0.334 e. The van der Waals surface area contributed by atoms with Crippen LogP contribution in [0, 0.1) is 11.8 Å². The summed E-state index contributed by atoms with van der Waals surface area (Å²) in [7, 11) is -2.36. The van der Waals surface area contributed by atoms with Crippen molar-refractivity contribution in [3.8, 4) is 0 Å². The van der Waals surface area contributed by atoms with Crippen molar-refractivity contribution < 1.29 is 18.4 Å². The van der Waals surface area contributed by atoms with Crippen LogP contribution in [-0.2, 0) is 13.3 Å². The Balaban J connectivity index is 0.000000574. The average molecular weight is 543 g/mol. The van der Waals surface area contributed by atoms with E-state index in [0.717, 1.165) is 38.6 Å². The summed E-state index contributed by atoms with van der Waals surface area (Å²) in [5.41, 5.74) is 2.81. The second-order valence-electron chi connectivity index (χ2n) is 11.7. The molecular formula is C30H62O4Si2. The maximum absolute atomic E-state index is 8.63. The van der Waals surface area contributed by atoms with Crippen molar-refractivity contribution >= 4 is 17.6 Å². The van der Waals surface area contributed by atoms with Crippen LogP contribution in [0.5, 0.6) is 0 Å². The molecule has 0 saturated carbocycles. The number of hydrogen-bond acceptors (Lipinski definition) is 4. The molecule has 1 N–H and O–H groups in total. The molecule has 0 aliphatic carbocycles. The summed E-state index contributed by atoms with van der Waals surface area (Å²) in [6.45, 7) is 20.8. The van der Waals surface area contributed by atoms with Crippen molar-refractivity contribution in [3.63, 3.8) is 0 Å². The van der Waals surface area contributed by atoms with Crippen LogP contribution in [0.2, 0.25) is 25.2 Å². The maximum atomic E-state index is 8.63. The van der Waals surface area contributed by atoms with Crippen LogP contribution in [0.25, 0.3) is 0 Å². The van der Waals surface area contributed by atoms with Crippen molar-refractivity contribution in [1.29, 1.82) is 0 Å². The number of allylic oxidation sites excluding steroid dienone is 4. The Kier molecular flexibility index (Phi) is 22.6. The number of aliphatic hydroxyl groups excluding tert-OH is 1. The molecule has 4 unspecified atom stereocenters. The fourth-order valence-electron chi connectivity index (χ4n) is 4.22. The number of rotatable bonds is 12. The van der Waals surface area contributed by atoms with E-state index >= 15 is 0 Å². The predicted octanol–water partition coefficient (Wildman–Crippen LogP) is 8.56. The summed E-state index contributed by atoms with van der Waals surface area (Å²) >= 11 is 0. The first-order valence-corrected chi connectivity index (χ1v) is 19.8. The molecule has 2 fully saturated rings. The highest BCUT2D eigenvalue weighted by atomic mass is 28.4. The molecule has 0 bridgehead atoms. The molecule has 0 aromatic carbocycles. The summed E-state index contributed by atoms with van der Waals surface area (Å²) in [6, 6.07) is 2.58. The van der Waals surface area contributed by atoms with Gasteiger partial charge in [0.05, 0.1) is 0 Å². The van der Waals surface area contributed by atoms with E-state index in [1.165, 1.54) is 74.6 Å². The van der Waals surface area contributed by atoms with Gasteiger partial charge in [0, 0.05) is 26.4 Å². The third kappa shape index (κ3) is 22.9. The third-order valence-corrected chi connectivity index (χ3v) is 11.8. The van der Waals surface area contributed by atoms with Gasteiger partial charge in [0.15, 0.2) is 9.04 Å². The van der Waals surface area contributed by atoms with Crippen molar-refractivity contribution in [2.75, 3.05) is 26.4 Å². The summed E-state index contributed by atoms with van der Waals surface area (Å²) in [6.07, 6.45) is 16.8. The zero-order chi connectivity index (χ0) is 27.2. The predicted molar refractivity (Wildman–Crippen MR) is 163 cm³/mol. The quantitative estimate of drug-likeness (QED) is 0.198. The normalized spacial score (nSPS) is 23.2. The van der Waals surface area contributed by atoms with E-state index in [0.29, 0.717) is 12.5 Å². The fraction of sp³-hybridized carbons (Fsp3) is 0.867. The van der Waals surface area contributed by atoms with Crippen molar-refractivity contribution in [2.45, 2.75) is 131 Å². The molecular weight excluding hydrogens is 480 g/mol. The van der Waals surface area contributed by atoms with Crippen LogP contribution in [0.15, 0.2) is 23.3 Å². The zero-order valence-corrected chi connectivity index (χ0v) is 27.5. The van der Waals surface area contributed by atoms with Gasteiger partial charge in [-0.15, -0.1) is 0 Å². The molecule has 2 aliphatic heterocycles. The Hall–Kier alpha value is -0.246. The van der Waals surface area contributed by atoms with E-state index in [-0.39, 0.29) is 0 Å². The first-order valence-electron chi connectivity index (χ1n) is 14.8. The van der Waals surface area contributed by atoms with Gasteiger partial charge < -0.3 is 18.4 Å². The highest BCUT2D eigenvalue weighted by Crippen LogP contribution is 2.23. The minimum absolute atomic E-state index is 0.329. The largest absolute Gasteiger partial charge is 0.420 e. The zero-order valence-electron chi connectivity index (χ0n) is 25.4. The monoisotopic (exact) mass is 542 g/mol. The highest BCUT2D eigenvalue weighted by molar-refractivity contribution is 6.66. The minimum Gasteiger partial charge on any atom is -0.420 e. The Morgan fingerprint density at radius 1 is 0.889 bits per heavy atom. The minimum atomic E-state index is -1.76. The van der Waals surface area contributed by atoms with Gasteiger partial charge in [0.25, 0.3) is 0 Å². The van der Waals surface area contributed by atoms with Gasteiger partial charge in [-0.05, 0) is 123 Å². The van der Waals surface area contributed by atoms with E-state index in [1.54, 1.807) is 0 Å². The molecule has 0 aromatic rings. The van der Waals surface area contributed by atoms with Crippen molar-refractivity contribution in [3.05, 3.63) is 23.3 Å². The molecule has 0 radical (unpaired) electrons. The maximum Gasteiger partial charge on any atom is 0.334 e. The molecule has 2 heterocycles. The van der Waals surface area contributed by atoms with Crippen LogP contribution in [0.1, 0.15) is 106 Å². The first-order chi connectivity index (χ1) is 17.1. The Morgan fingerprint density at radius 3 is 1.89 bits per heavy atom. The topological polar surface area (TPSA) is 47.9 Å². The standard InChI is InChI=1S/C15H30O2Si.C10H20O.C5H12OSi/c1-14(2)8-7-9-15(3)10-12-17-18(4)13-6-5-11-16-18;1-9(2)5-4-6-10(3)7-8-11;1-7-5-3-2-4-6-7/h8,15H,5-7,9-13H2,1-4H3;5,10-11H,4,6-8H2,1-3H3;7H,2-5H2,1H3. The second kappa shape index (κ2) is 22.7. The van der Waals surface area contributed by atoms with Crippen LogP contribution in [0.4, 0.5) is 0 Å². The van der Waals surface area contributed by atoms with Crippen LogP contribution < -0.4 is 0 Å². The Bertz CT molecular complexity index is 559. The molecule has 36 heavy (non-hydrogen) atoms. The Morgan fingerprint density at radius 2 is 1.47 bits per heavy atom. The van der Waals surface area contributed by atoms with Crippen molar-refractivity contribution in [2.24, 2.45) is 11.8 Å². The molecule has 2 saturated heterocycles. The van der Waals surface area contributed by atoms with E-state index in [2.05, 4.69) is 66.8 Å². The Labute approximate surface area is 228 Å². The summed E-state index contributed by atoms with van der Waals surface area (Å²) in [4.78, 5) is 0. The summed E-state index contributed by atoms with van der Waals surface area (Å²) in [5, 5.41) is 8.63. The van der Waals surface area contributed by atoms with Crippen molar-refractivity contribution in [1.82, 2.24) is 0 Å². The number of hydrogen-bond donors (Lipinski definition) is 1. The lowest BCUT2D eigenvalue weighted by Gasteiger charge is -2.31. The van der Waals surface area contributed by atoms with Crippen LogP contribution >= 0.6 is 0 Å². The first kappa shape index (κ1) is 35.8. The SMILES string of the molecule is CC(C)=CCCC(C)CCO.CC(C)=CCCC(C)CCO[Si]1(C)CCCCO1.C[SiH]1CCCCO1. The fourth-order valence-corrected chi connectivity index (χ4v) is 8.21. The van der Waals surface area contributed by atoms with E-state index < -0.39 is 17.6 Å². The van der Waals surface area contributed by atoms with Gasteiger partial charge in [-0.25, -0.2) is 0 Å². The third-order valence-electron chi connectivity index (χ3n) is 6.90. The lowest BCUT2D eigenvalue weighted by atomic mass is 10.0. The molecule has 0 aromatic heterocycles. The molecule has 6 heteroatoms. The van der Waals surface area contributed by atoms with Gasteiger partial charge in [0.1, 0.15) is 0 Å². The van der Waals surface area contributed by atoms with Gasteiger partial charge in [-0.1, -0.05) is 43.6 Å². The summed E-state index contributed by atoms with van der Waals surface area (Å²) < 4.78 is 17.4. The lowest BCUT2D eigenvalue weighted by Crippen LogP contribution is -2.41. The molecule has 0 spiro atoms. The molecule has 2 rings (SSSR count). The molecule has 4 atom stereocenters. The molecule has 4 nitrogen and oxygen atoms in total. The highest BCUT2D eigenvalue weighted by Gasteiger charge is 2.33. The lowest BCUT2D eigenvalue weighted by molar-refractivity contribution is 0.146. The van der Waals surface area contributed by atoms with Gasteiger partial charge in [-0.2, -0.15) is 0 Å². The molecule has 214 valence electrons. The summed E-state index contributed by atoms with van der Waals surface area (Å²) in [5.74, 6) is 1.41. The van der Waals surface area contributed by atoms with Crippen LogP contribution in [0.3, 0.4) is 0 Å². The number of aliphatic hydroxyl groups is 1. The van der Waals surface area contributed by atoms with E-state index in [1.807, 2.05) is 0 Å². The van der Waals surface area contributed by atoms with Gasteiger partial charge in [-0.3, -0.25) is 0 Å².